The lowest BCUT2D eigenvalue weighted by molar-refractivity contribution is -0.137. The van der Waals surface area contributed by atoms with Crippen molar-refractivity contribution in [3.63, 3.8) is 0 Å². The van der Waals surface area contributed by atoms with Gasteiger partial charge in [0.15, 0.2) is 0 Å². The normalized spacial score (nSPS) is 11.6. The summed E-state index contributed by atoms with van der Waals surface area (Å²) in [5, 5.41) is 17.0. The van der Waals surface area contributed by atoms with Crippen LogP contribution in [-0.2, 0) is 19.3 Å². The molecule has 0 atom stereocenters. The van der Waals surface area contributed by atoms with Gasteiger partial charge in [-0.3, -0.25) is 4.79 Å². The number of nitrogens with zero attached hydrogens (tertiary/aromatic N) is 3. The number of alkyl halides is 3. The zero-order valence-electron chi connectivity index (χ0n) is 19.8. The van der Waals surface area contributed by atoms with Crippen molar-refractivity contribution in [3.05, 3.63) is 119 Å². The van der Waals surface area contributed by atoms with Gasteiger partial charge < -0.3 is 15.0 Å². The van der Waals surface area contributed by atoms with Crippen LogP contribution < -0.4 is 5.32 Å². The summed E-state index contributed by atoms with van der Waals surface area (Å²) in [6.45, 7) is 0.436. The van der Waals surface area contributed by atoms with E-state index in [2.05, 4.69) is 10.4 Å². The van der Waals surface area contributed by atoms with Gasteiger partial charge >= 0.3 is 12.1 Å². The van der Waals surface area contributed by atoms with E-state index in [1.807, 2.05) is 16.7 Å². The Hall–Kier alpha value is -4.86. The van der Waals surface area contributed by atoms with Gasteiger partial charge in [-0.2, -0.15) is 18.3 Å². The fraction of sp³-hybridized carbons (Fsp3) is 0.107. The highest BCUT2D eigenvalue weighted by Crippen LogP contribution is 2.30. The second-order valence-corrected chi connectivity index (χ2v) is 8.70. The second kappa shape index (κ2) is 9.89. The van der Waals surface area contributed by atoms with Gasteiger partial charge in [0.25, 0.3) is 5.91 Å². The van der Waals surface area contributed by atoms with E-state index in [0.717, 1.165) is 23.1 Å². The van der Waals surface area contributed by atoms with Crippen molar-refractivity contribution in [2.45, 2.75) is 19.3 Å². The molecule has 2 aromatic heterocycles. The fourth-order valence-corrected chi connectivity index (χ4v) is 4.23. The third-order valence-corrected chi connectivity index (χ3v) is 6.15. The number of amides is 1. The smallest absolute Gasteiger partial charge is 0.416 e. The molecular weight excluding hydrogens is 497 g/mol. The first-order valence-electron chi connectivity index (χ1n) is 11.6. The Morgan fingerprint density at radius 1 is 0.921 bits per heavy atom. The van der Waals surface area contributed by atoms with E-state index in [0.29, 0.717) is 22.3 Å². The largest absolute Gasteiger partial charge is 0.478 e. The van der Waals surface area contributed by atoms with E-state index in [1.165, 1.54) is 24.3 Å². The predicted octanol–water partition coefficient (Wildman–Crippen LogP) is 5.52. The summed E-state index contributed by atoms with van der Waals surface area (Å²) >= 11 is 0. The number of benzene rings is 3. The Kier molecular flexibility index (Phi) is 6.46. The lowest BCUT2D eigenvalue weighted by Crippen LogP contribution is -2.24. The van der Waals surface area contributed by atoms with Crippen LogP contribution in [0.3, 0.4) is 0 Å². The molecule has 2 heterocycles. The Balaban J connectivity index is 1.47. The molecule has 0 fully saturated rings. The molecule has 0 unspecified atom stereocenters. The maximum absolute atomic E-state index is 13.4. The molecule has 38 heavy (non-hydrogen) atoms. The van der Waals surface area contributed by atoms with Gasteiger partial charge in [-0.15, -0.1) is 0 Å². The average molecular weight is 518 g/mol. The zero-order chi connectivity index (χ0) is 26.9. The number of nitrogens with one attached hydrogen (secondary N) is 1. The van der Waals surface area contributed by atoms with Crippen LogP contribution in [0.1, 0.15) is 37.4 Å². The van der Waals surface area contributed by atoms with Crippen LogP contribution in [-0.4, -0.2) is 31.3 Å². The highest BCUT2D eigenvalue weighted by atomic mass is 19.4. The minimum atomic E-state index is -4.42. The summed E-state index contributed by atoms with van der Waals surface area (Å²) in [6, 6.07) is 18.3. The molecule has 192 valence electrons. The maximum Gasteiger partial charge on any atom is 0.416 e. The number of fused-ring (bicyclic) bond motifs is 1. The molecule has 0 saturated carbocycles. The molecule has 0 aliphatic heterocycles. The number of aromatic nitrogens is 3. The van der Waals surface area contributed by atoms with Gasteiger partial charge in [0.2, 0.25) is 0 Å². The molecule has 5 rings (SSSR count). The number of hydrogen-bond acceptors (Lipinski definition) is 3. The van der Waals surface area contributed by atoms with Crippen LogP contribution in [0.25, 0.3) is 16.6 Å². The van der Waals surface area contributed by atoms with E-state index in [4.69, 9.17) is 5.11 Å². The number of halogens is 3. The quantitative estimate of drug-likeness (QED) is 0.297. The van der Waals surface area contributed by atoms with E-state index in [9.17, 15) is 22.8 Å². The van der Waals surface area contributed by atoms with Crippen molar-refractivity contribution in [1.29, 1.82) is 0 Å². The van der Waals surface area contributed by atoms with Crippen molar-refractivity contribution in [1.82, 2.24) is 19.7 Å². The Labute approximate surface area is 214 Å². The summed E-state index contributed by atoms with van der Waals surface area (Å²) < 4.78 is 42.4. The van der Waals surface area contributed by atoms with Crippen LogP contribution >= 0.6 is 0 Å². The molecule has 2 N–H and O–H groups in total. The molecule has 0 aliphatic rings. The van der Waals surface area contributed by atoms with Crippen molar-refractivity contribution in [3.8, 4) is 5.69 Å². The molecule has 5 aromatic rings. The second-order valence-electron chi connectivity index (χ2n) is 8.70. The maximum atomic E-state index is 13.4. The SMILES string of the molecule is O=C(O)c1ccc(CNC(=O)c2cc(-n3cccn3)cc3ccn(Cc4ccc(C(F)(F)F)cc4)c23)cc1. The minimum absolute atomic E-state index is 0.148. The highest BCUT2D eigenvalue weighted by Gasteiger charge is 2.30. The molecule has 0 radical (unpaired) electrons. The number of aromatic carboxylic acids is 1. The summed E-state index contributed by atoms with van der Waals surface area (Å²) in [7, 11) is 0. The number of carboxylic acid groups (broad SMARTS) is 1. The number of hydrogen-bond donors (Lipinski definition) is 2. The zero-order valence-corrected chi connectivity index (χ0v) is 19.8. The lowest BCUT2D eigenvalue weighted by Gasteiger charge is -2.14. The topological polar surface area (TPSA) is 89.2 Å². The molecular formula is C28H21F3N4O3. The number of carboxylic acids is 1. The Bertz CT molecular complexity index is 1600. The number of carbonyl (C=O) groups is 2. The van der Waals surface area contributed by atoms with Gasteiger partial charge in [-0.25, -0.2) is 9.48 Å². The van der Waals surface area contributed by atoms with Crippen molar-refractivity contribution in [2.75, 3.05) is 0 Å². The Morgan fingerprint density at radius 3 is 2.26 bits per heavy atom. The molecule has 0 spiro atoms. The molecule has 7 nitrogen and oxygen atoms in total. The van der Waals surface area contributed by atoms with Gasteiger partial charge in [-0.1, -0.05) is 24.3 Å². The molecule has 1 amide bonds. The molecule has 3 aromatic carbocycles. The fourth-order valence-electron chi connectivity index (χ4n) is 4.23. The average Bonchev–Trinajstić information content (AvgIpc) is 3.57. The van der Waals surface area contributed by atoms with Crippen molar-refractivity contribution >= 4 is 22.8 Å². The van der Waals surface area contributed by atoms with Gasteiger partial charge in [0.1, 0.15) is 0 Å². The lowest BCUT2D eigenvalue weighted by atomic mass is 10.1. The van der Waals surface area contributed by atoms with Crippen molar-refractivity contribution in [2.24, 2.45) is 0 Å². The molecule has 0 saturated heterocycles. The van der Waals surface area contributed by atoms with E-state index < -0.39 is 17.7 Å². The Morgan fingerprint density at radius 2 is 1.63 bits per heavy atom. The summed E-state index contributed by atoms with van der Waals surface area (Å²) in [6.07, 6.45) is 0.754. The first kappa shape index (κ1) is 24.8. The summed E-state index contributed by atoms with van der Waals surface area (Å²) in [4.78, 5) is 24.5. The van der Waals surface area contributed by atoms with Crippen molar-refractivity contribution < 1.29 is 27.9 Å². The van der Waals surface area contributed by atoms with Gasteiger partial charge in [-0.05, 0) is 59.7 Å². The number of carbonyl (C=O) groups excluding carboxylic acids is 1. The minimum Gasteiger partial charge on any atom is -0.478 e. The third kappa shape index (κ3) is 5.15. The van der Waals surface area contributed by atoms with Gasteiger partial charge in [0, 0.05) is 37.1 Å². The predicted molar refractivity (Wildman–Crippen MR) is 134 cm³/mol. The van der Waals surface area contributed by atoms with Crippen LogP contribution in [0.4, 0.5) is 13.2 Å². The molecule has 0 aliphatic carbocycles. The van der Waals surface area contributed by atoms with E-state index in [-0.39, 0.29) is 24.6 Å². The van der Waals surface area contributed by atoms with E-state index >= 15 is 0 Å². The third-order valence-electron chi connectivity index (χ3n) is 6.15. The summed E-state index contributed by atoms with van der Waals surface area (Å²) in [5.74, 6) is -1.40. The van der Waals surface area contributed by atoms with Crippen LogP contribution in [0, 0.1) is 0 Å². The first-order valence-corrected chi connectivity index (χ1v) is 11.6. The van der Waals surface area contributed by atoms with Gasteiger partial charge in [0.05, 0.1) is 27.9 Å². The summed E-state index contributed by atoms with van der Waals surface area (Å²) in [5.41, 5.74) is 2.46. The molecule has 10 heteroatoms. The monoisotopic (exact) mass is 518 g/mol. The highest BCUT2D eigenvalue weighted by molar-refractivity contribution is 6.07. The number of rotatable bonds is 7. The molecule has 0 bridgehead atoms. The van der Waals surface area contributed by atoms with Crippen LogP contribution in [0.5, 0.6) is 0 Å². The standard InChI is InChI=1S/C28H21F3N4O3/c29-28(30,31)22-8-4-19(5-9-22)17-34-13-10-21-14-23(35-12-1-11-33-35)15-24(25(21)34)26(36)32-16-18-2-6-20(7-3-18)27(37)38/h1-15H,16-17H2,(H,32,36)(H,37,38). The van der Waals surface area contributed by atoms with E-state index in [1.54, 1.807) is 47.5 Å². The van der Waals surface area contributed by atoms with Crippen LogP contribution in [0.15, 0.2) is 91.4 Å². The van der Waals surface area contributed by atoms with Crippen LogP contribution in [0.2, 0.25) is 0 Å². The first-order chi connectivity index (χ1) is 18.2.